The third-order valence-electron chi connectivity index (χ3n) is 4.19. The fourth-order valence-corrected chi connectivity index (χ4v) is 2.81. The predicted octanol–water partition coefficient (Wildman–Crippen LogP) is 2.21. The van der Waals surface area contributed by atoms with E-state index in [9.17, 15) is 4.79 Å². The standard InChI is InChI=1S/C15H30N2O2/c1-5-13-6-8-15(10-16,9-7-13)19-12(4)14(18)17-11(2)3/h11-13H,5-10,16H2,1-4H3,(H,17,18). The van der Waals surface area contributed by atoms with Gasteiger partial charge in [-0.25, -0.2) is 0 Å². The van der Waals surface area contributed by atoms with Gasteiger partial charge >= 0.3 is 0 Å². The lowest BCUT2D eigenvalue weighted by Crippen LogP contribution is -2.49. The molecule has 0 aromatic carbocycles. The molecule has 1 aliphatic carbocycles. The van der Waals surface area contributed by atoms with Crippen LogP contribution in [0, 0.1) is 5.92 Å². The third kappa shape index (κ3) is 4.77. The molecule has 0 saturated heterocycles. The molecule has 1 fully saturated rings. The average molecular weight is 270 g/mol. The van der Waals surface area contributed by atoms with Crippen molar-refractivity contribution < 1.29 is 9.53 Å². The van der Waals surface area contributed by atoms with Crippen molar-refractivity contribution in [2.45, 2.75) is 77.5 Å². The van der Waals surface area contributed by atoms with Gasteiger partial charge in [-0.15, -0.1) is 0 Å². The first-order chi connectivity index (χ1) is 8.92. The van der Waals surface area contributed by atoms with Gasteiger partial charge in [-0.1, -0.05) is 13.3 Å². The Morgan fingerprint density at radius 2 is 1.95 bits per heavy atom. The molecule has 3 N–H and O–H groups in total. The second kappa shape index (κ2) is 7.25. The molecule has 4 nitrogen and oxygen atoms in total. The van der Waals surface area contributed by atoms with Gasteiger partial charge in [0.15, 0.2) is 0 Å². The second-order valence-electron chi connectivity index (χ2n) is 6.16. The van der Waals surface area contributed by atoms with Crippen molar-refractivity contribution in [3.05, 3.63) is 0 Å². The van der Waals surface area contributed by atoms with Crippen LogP contribution in [-0.2, 0) is 9.53 Å². The van der Waals surface area contributed by atoms with Crippen LogP contribution in [0.1, 0.15) is 59.8 Å². The summed E-state index contributed by atoms with van der Waals surface area (Å²) in [6.45, 7) is 8.47. The lowest BCUT2D eigenvalue weighted by molar-refractivity contribution is -0.150. The Bertz CT molecular complexity index is 284. The monoisotopic (exact) mass is 270 g/mol. The highest BCUT2D eigenvalue weighted by atomic mass is 16.5. The lowest BCUT2D eigenvalue weighted by atomic mass is 9.77. The Morgan fingerprint density at radius 3 is 2.37 bits per heavy atom. The molecular formula is C15H30N2O2. The number of hydrogen-bond donors (Lipinski definition) is 2. The highest BCUT2D eigenvalue weighted by Crippen LogP contribution is 2.36. The lowest BCUT2D eigenvalue weighted by Gasteiger charge is -2.40. The van der Waals surface area contributed by atoms with Gasteiger partial charge in [0.1, 0.15) is 6.10 Å². The summed E-state index contributed by atoms with van der Waals surface area (Å²) >= 11 is 0. The van der Waals surface area contributed by atoms with Gasteiger partial charge in [0, 0.05) is 12.6 Å². The zero-order valence-corrected chi connectivity index (χ0v) is 12.9. The Morgan fingerprint density at radius 1 is 1.37 bits per heavy atom. The molecule has 4 heteroatoms. The Labute approximate surface area is 117 Å². The first-order valence-electron chi connectivity index (χ1n) is 7.60. The van der Waals surface area contributed by atoms with E-state index in [2.05, 4.69) is 12.2 Å². The molecule has 0 aromatic rings. The van der Waals surface area contributed by atoms with E-state index < -0.39 is 6.10 Å². The van der Waals surface area contributed by atoms with Crippen molar-refractivity contribution in [3.8, 4) is 0 Å². The fraction of sp³-hybridized carbons (Fsp3) is 0.933. The van der Waals surface area contributed by atoms with Crippen molar-refractivity contribution in [3.63, 3.8) is 0 Å². The molecule has 1 unspecified atom stereocenters. The molecule has 0 aliphatic heterocycles. The normalized spacial score (nSPS) is 29.3. The molecule has 1 saturated carbocycles. The number of carbonyl (C=O) groups excluding carboxylic acids is 1. The van der Waals surface area contributed by atoms with E-state index in [1.54, 1.807) is 0 Å². The number of carbonyl (C=O) groups is 1. The van der Waals surface area contributed by atoms with Crippen molar-refractivity contribution in [2.75, 3.05) is 6.54 Å². The summed E-state index contributed by atoms with van der Waals surface area (Å²) in [6, 6.07) is 0.142. The predicted molar refractivity (Wildman–Crippen MR) is 77.9 cm³/mol. The maximum absolute atomic E-state index is 11.9. The smallest absolute Gasteiger partial charge is 0.249 e. The number of nitrogens with one attached hydrogen (secondary N) is 1. The summed E-state index contributed by atoms with van der Waals surface area (Å²) in [5.74, 6) is 0.753. The van der Waals surface area contributed by atoms with Gasteiger partial charge in [-0.05, 0) is 52.4 Å². The Hall–Kier alpha value is -0.610. The van der Waals surface area contributed by atoms with E-state index in [0.717, 1.165) is 31.6 Å². The number of hydrogen-bond acceptors (Lipinski definition) is 3. The summed E-state index contributed by atoms with van der Waals surface area (Å²) in [5, 5.41) is 2.89. The van der Waals surface area contributed by atoms with Crippen molar-refractivity contribution in [1.29, 1.82) is 0 Å². The van der Waals surface area contributed by atoms with E-state index in [1.165, 1.54) is 6.42 Å². The van der Waals surface area contributed by atoms with Gasteiger partial charge in [0.25, 0.3) is 0 Å². The van der Waals surface area contributed by atoms with Gasteiger partial charge in [-0.2, -0.15) is 0 Å². The SMILES string of the molecule is CCC1CCC(CN)(OC(C)C(=O)NC(C)C)CC1. The molecule has 112 valence electrons. The summed E-state index contributed by atoms with van der Waals surface area (Å²) in [7, 11) is 0. The molecule has 0 radical (unpaired) electrons. The average Bonchev–Trinajstić information content (AvgIpc) is 2.38. The number of amides is 1. The number of rotatable bonds is 6. The largest absolute Gasteiger partial charge is 0.361 e. The summed E-state index contributed by atoms with van der Waals surface area (Å²) in [5.41, 5.74) is 5.63. The highest BCUT2D eigenvalue weighted by molar-refractivity contribution is 5.80. The third-order valence-corrected chi connectivity index (χ3v) is 4.19. The molecule has 1 amide bonds. The van der Waals surface area contributed by atoms with Gasteiger partial charge in [-0.3, -0.25) is 4.79 Å². The minimum absolute atomic E-state index is 0.0413. The molecule has 1 rings (SSSR count). The quantitative estimate of drug-likeness (QED) is 0.778. The van der Waals surface area contributed by atoms with E-state index in [0.29, 0.717) is 6.54 Å². The van der Waals surface area contributed by atoms with Crippen LogP contribution in [-0.4, -0.2) is 30.2 Å². The molecule has 1 aliphatic rings. The highest BCUT2D eigenvalue weighted by Gasteiger charge is 2.37. The summed E-state index contributed by atoms with van der Waals surface area (Å²) < 4.78 is 6.05. The zero-order chi connectivity index (χ0) is 14.5. The molecule has 19 heavy (non-hydrogen) atoms. The molecule has 0 heterocycles. The second-order valence-corrected chi connectivity index (χ2v) is 6.16. The molecular weight excluding hydrogens is 240 g/mol. The molecule has 0 aromatic heterocycles. The molecule has 0 bridgehead atoms. The van der Waals surface area contributed by atoms with Crippen LogP contribution in [0.5, 0.6) is 0 Å². The summed E-state index contributed by atoms with van der Waals surface area (Å²) in [4.78, 5) is 11.9. The topological polar surface area (TPSA) is 64.3 Å². The molecule has 0 spiro atoms. The number of nitrogens with two attached hydrogens (primary N) is 1. The number of ether oxygens (including phenoxy) is 1. The van der Waals surface area contributed by atoms with Crippen LogP contribution in [0.2, 0.25) is 0 Å². The maximum Gasteiger partial charge on any atom is 0.249 e. The summed E-state index contributed by atoms with van der Waals surface area (Å²) in [6.07, 6.45) is 5.06. The fourth-order valence-electron chi connectivity index (χ4n) is 2.81. The van der Waals surface area contributed by atoms with E-state index in [4.69, 9.17) is 10.5 Å². The van der Waals surface area contributed by atoms with E-state index >= 15 is 0 Å². The van der Waals surface area contributed by atoms with Crippen LogP contribution in [0.3, 0.4) is 0 Å². The minimum Gasteiger partial charge on any atom is -0.361 e. The van der Waals surface area contributed by atoms with Crippen molar-refractivity contribution in [2.24, 2.45) is 11.7 Å². The molecule has 1 atom stereocenters. The van der Waals surface area contributed by atoms with Crippen molar-refractivity contribution >= 4 is 5.91 Å². The van der Waals surface area contributed by atoms with Gasteiger partial charge < -0.3 is 15.8 Å². The Balaban J connectivity index is 2.54. The van der Waals surface area contributed by atoms with Crippen LogP contribution in [0.15, 0.2) is 0 Å². The van der Waals surface area contributed by atoms with Gasteiger partial charge in [0.2, 0.25) is 5.91 Å². The van der Waals surface area contributed by atoms with E-state index in [1.807, 2.05) is 20.8 Å². The van der Waals surface area contributed by atoms with Crippen LogP contribution >= 0.6 is 0 Å². The van der Waals surface area contributed by atoms with Crippen LogP contribution < -0.4 is 11.1 Å². The van der Waals surface area contributed by atoms with E-state index in [-0.39, 0.29) is 17.6 Å². The minimum atomic E-state index is -0.427. The van der Waals surface area contributed by atoms with Crippen molar-refractivity contribution in [1.82, 2.24) is 5.32 Å². The maximum atomic E-state index is 11.9. The van der Waals surface area contributed by atoms with Crippen LogP contribution in [0.25, 0.3) is 0 Å². The first kappa shape index (κ1) is 16.4. The Kier molecular flexibility index (Phi) is 6.27. The van der Waals surface area contributed by atoms with Crippen LogP contribution in [0.4, 0.5) is 0 Å². The van der Waals surface area contributed by atoms with Gasteiger partial charge in [0.05, 0.1) is 5.60 Å². The first-order valence-corrected chi connectivity index (χ1v) is 7.60. The zero-order valence-electron chi connectivity index (χ0n) is 12.9.